The van der Waals surface area contributed by atoms with Gasteiger partial charge in [-0.3, -0.25) is 0 Å². The van der Waals surface area contributed by atoms with Gasteiger partial charge in [-0.15, -0.1) is 11.8 Å². The van der Waals surface area contributed by atoms with Gasteiger partial charge in [0.15, 0.2) is 0 Å². The first kappa shape index (κ1) is 18.9. The van der Waals surface area contributed by atoms with E-state index in [0.717, 1.165) is 30.2 Å². The molecule has 0 saturated carbocycles. The van der Waals surface area contributed by atoms with Crippen molar-refractivity contribution < 1.29 is 13.2 Å². The van der Waals surface area contributed by atoms with E-state index in [1.54, 1.807) is 17.8 Å². The molecule has 0 aliphatic rings. The molecule has 0 bridgehead atoms. The molecule has 2 rings (SSSR count). The van der Waals surface area contributed by atoms with Crippen molar-refractivity contribution in [2.24, 2.45) is 5.92 Å². The number of alkyl halides is 3. The fraction of sp³-hybridized carbons (Fsp3) is 0.400. The molecule has 0 aliphatic carbocycles. The van der Waals surface area contributed by atoms with Crippen LogP contribution in [0.2, 0.25) is 0 Å². The zero-order valence-electron chi connectivity index (χ0n) is 14.0. The molecule has 2 unspecified atom stereocenters. The van der Waals surface area contributed by atoms with Crippen LogP contribution in [0.1, 0.15) is 48.6 Å². The second kappa shape index (κ2) is 8.61. The average Bonchev–Trinajstić information content (AvgIpc) is 2.58. The van der Waals surface area contributed by atoms with E-state index in [9.17, 15) is 13.2 Å². The molecule has 2 aromatic carbocycles. The number of halogens is 3. The highest BCUT2D eigenvalue weighted by atomic mass is 32.2. The summed E-state index contributed by atoms with van der Waals surface area (Å²) in [7, 11) is 0. The van der Waals surface area contributed by atoms with E-state index in [2.05, 4.69) is 13.8 Å². The first-order valence-electron chi connectivity index (χ1n) is 8.25. The van der Waals surface area contributed by atoms with E-state index >= 15 is 0 Å². The quantitative estimate of drug-likeness (QED) is 0.519. The Labute approximate surface area is 146 Å². The minimum atomic E-state index is -4.31. The second-order valence-electron chi connectivity index (χ2n) is 6.09. The van der Waals surface area contributed by atoms with Crippen molar-refractivity contribution in [3.63, 3.8) is 0 Å². The van der Waals surface area contributed by atoms with Gasteiger partial charge in [-0.05, 0) is 35.3 Å². The maximum absolute atomic E-state index is 13.0. The summed E-state index contributed by atoms with van der Waals surface area (Å²) in [5.74, 6) is 1.57. The molecule has 24 heavy (non-hydrogen) atoms. The highest BCUT2D eigenvalue weighted by molar-refractivity contribution is 7.99. The molecule has 0 nitrogen and oxygen atoms in total. The molecule has 0 aromatic heterocycles. The molecule has 0 saturated heterocycles. The molecule has 0 fully saturated rings. The van der Waals surface area contributed by atoms with Crippen LogP contribution in [0, 0.1) is 5.92 Å². The summed E-state index contributed by atoms with van der Waals surface area (Å²) >= 11 is 1.72. The summed E-state index contributed by atoms with van der Waals surface area (Å²) in [6.07, 6.45) is -2.11. The average molecular weight is 352 g/mol. The van der Waals surface area contributed by atoms with Crippen molar-refractivity contribution >= 4 is 11.8 Å². The smallest absolute Gasteiger partial charge is 0.166 e. The van der Waals surface area contributed by atoms with E-state index in [-0.39, 0.29) is 5.25 Å². The van der Waals surface area contributed by atoms with Gasteiger partial charge in [0.2, 0.25) is 0 Å². The predicted octanol–water partition coefficient (Wildman–Crippen LogP) is 6.96. The molecule has 2 atom stereocenters. The monoisotopic (exact) mass is 352 g/mol. The van der Waals surface area contributed by atoms with Crippen LogP contribution in [0.3, 0.4) is 0 Å². The van der Waals surface area contributed by atoms with Crippen LogP contribution in [0.5, 0.6) is 0 Å². The van der Waals surface area contributed by atoms with E-state index in [0.29, 0.717) is 11.5 Å². The number of thioether (sulfide) groups is 1. The van der Waals surface area contributed by atoms with Crippen LogP contribution in [0.25, 0.3) is 0 Å². The molecule has 0 amide bonds. The third-order valence-corrected chi connectivity index (χ3v) is 5.56. The van der Waals surface area contributed by atoms with Crippen LogP contribution in [-0.4, -0.2) is 5.75 Å². The normalized spacial score (nSPS) is 14.4. The maximum Gasteiger partial charge on any atom is 0.416 e. The van der Waals surface area contributed by atoms with Crippen LogP contribution >= 0.6 is 11.8 Å². The molecule has 130 valence electrons. The highest BCUT2D eigenvalue weighted by Gasteiger charge is 2.31. The Morgan fingerprint density at radius 1 is 0.958 bits per heavy atom. The van der Waals surface area contributed by atoms with E-state index in [4.69, 9.17) is 0 Å². The SMILES string of the molecule is CCC(C)CCSC(c1ccccc1)c1cccc(C(F)(F)F)c1. The lowest BCUT2D eigenvalue weighted by atomic mass is 10.0. The molecular formula is C20H23F3S. The fourth-order valence-electron chi connectivity index (χ4n) is 2.48. The molecule has 0 heterocycles. The van der Waals surface area contributed by atoms with Gasteiger partial charge in [0.05, 0.1) is 10.8 Å². The lowest BCUT2D eigenvalue weighted by molar-refractivity contribution is -0.137. The van der Waals surface area contributed by atoms with Gasteiger partial charge < -0.3 is 0 Å². The van der Waals surface area contributed by atoms with Crippen LogP contribution < -0.4 is 0 Å². The third-order valence-electron chi connectivity index (χ3n) is 4.21. The maximum atomic E-state index is 13.0. The van der Waals surface area contributed by atoms with Crippen molar-refractivity contribution in [1.82, 2.24) is 0 Å². The highest BCUT2D eigenvalue weighted by Crippen LogP contribution is 2.39. The standard InChI is InChI=1S/C20H23F3S/c1-3-15(2)12-13-24-19(16-8-5-4-6-9-16)17-10-7-11-18(14-17)20(21,22)23/h4-11,14-15,19H,3,12-13H2,1-2H3. The Kier molecular flexibility index (Phi) is 6.79. The number of hydrogen-bond acceptors (Lipinski definition) is 1. The van der Waals surface area contributed by atoms with Gasteiger partial charge in [0, 0.05) is 0 Å². The van der Waals surface area contributed by atoms with Gasteiger partial charge >= 0.3 is 6.18 Å². The fourth-order valence-corrected chi connectivity index (χ4v) is 3.94. The van der Waals surface area contributed by atoms with E-state index in [1.807, 2.05) is 30.3 Å². The Morgan fingerprint density at radius 2 is 1.62 bits per heavy atom. The molecule has 0 aliphatic heterocycles. The Hall–Kier alpha value is -1.42. The van der Waals surface area contributed by atoms with Gasteiger partial charge in [-0.2, -0.15) is 13.2 Å². The molecule has 0 spiro atoms. The van der Waals surface area contributed by atoms with Crippen molar-refractivity contribution in [1.29, 1.82) is 0 Å². The largest absolute Gasteiger partial charge is 0.416 e. The van der Waals surface area contributed by atoms with Crippen LogP contribution in [0.15, 0.2) is 54.6 Å². The number of rotatable bonds is 7. The van der Waals surface area contributed by atoms with Crippen molar-refractivity contribution in [2.75, 3.05) is 5.75 Å². The van der Waals surface area contributed by atoms with Gasteiger partial charge in [0.1, 0.15) is 0 Å². The van der Waals surface area contributed by atoms with Crippen molar-refractivity contribution in [2.45, 2.75) is 38.1 Å². The first-order valence-corrected chi connectivity index (χ1v) is 9.30. The summed E-state index contributed by atoms with van der Waals surface area (Å²) in [6, 6.07) is 15.5. The topological polar surface area (TPSA) is 0 Å². The Morgan fingerprint density at radius 3 is 2.25 bits per heavy atom. The molecular weight excluding hydrogens is 329 g/mol. The number of hydrogen-bond donors (Lipinski definition) is 0. The zero-order chi connectivity index (χ0) is 17.6. The summed E-state index contributed by atoms with van der Waals surface area (Å²) in [5.41, 5.74) is 1.18. The lowest BCUT2D eigenvalue weighted by Crippen LogP contribution is -2.07. The zero-order valence-corrected chi connectivity index (χ0v) is 14.8. The second-order valence-corrected chi connectivity index (χ2v) is 7.30. The van der Waals surface area contributed by atoms with Gasteiger partial charge in [-0.25, -0.2) is 0 Å². The minimum absolute atomic E-state index is 0.0717. The number of benzene rings is 2. The van der Waals surface area contributed by atoms with Crippen LogP contribution in [-0.2, 0) is 6.18 Å². The van der Waals surface area contributed by atoms with E-state index in [1.165, 1.54) is 12.1 Å². The molecule has 4 heteroatoms. The molecule has 2 aromatic rings. The summed E-state index contributed by atoms with van der Waals surface area (Å²) < 4.78 is 39.1. The van der Waals surface area contributed by atoms with E-state index < -0.39 is 11.7 Å². The Bertz CT molecular complexity index is 622. The molecule has 0 radical (unpaired) electrons. The summed E-state index contributed by atoms with van der Waals surface area (Å²) in [4.78, 5) is 0. The lowest BCUT2D eigenvalue weighted by Gasteiger charge is -2.20. The first-order chi connectivity index (χ1) is 11.4. The summed E-state index contributed by atoms with van der Waals surface area (Å²) in [5, 5.41) is -0.0717. The Balaban J connectivity index is 2.26. The van der Waals surface area contributed by atoms with Gasteiger partial charge in [0.25, 0.3) is 0 Å². The summed E-state index contributed by atoms with van der Waals surface area (Å²) in [6.45, 7) is 4.37. The van der Waals surface area contributed by atoms with Crippen molar-refractivity contribution in [3.8, 4) is 0 Å². The van der Waals surface area contributed by atoms with Crippen LogP contribution in [0.4, 0.5) is 13.2 Å². The molecule has 0 N–H and O–H groups in total. The van der Waals surface area contributed by atoms with Crippen molar-refractivity contribution in [3.05, 3.63) is 71.3 Å². The third kappa shape index (κ3) is 5.30. The predicted molar refractivity (Wildman–Crippen MR) is 96.3 cm³/mol. The minimum Gasteiger partial charge on any atom is -0.166 e. The van der Waals surface area contributed by atoms with Gasteiger partial charge in [-0.1, -0.05) is 68.8 Å².